The minimum Gasteiger partial charge on any atom is -0.481 e. The van der Waals surface area contributed by atoms with E-state index in [0.717, 1.165) is 44.3 Å². The van der Waals surface area contributed by atoms with Gasteiger partial charge in [0, 0.05) is 13.1 Å². The van der Waals surface area contributed by atoms with E-state index in [-0.39, 0.29) is 11.8 Å². The Hall–Kier alpha value is -2.82. The molecule has 28 heavy (non-hydrogen) atoms. The topological polar surface area (TPSA) is 58.6 Å². The molecule has 0 unspecified atom stereocenters. The lowest BCUT2D eigenvalue weighted by Gasteiger charge is -2.22. The van der Waals surface area contributed by atoms with Crippen LogP contribution in [0, 0.1) is 6.92 Å². The minimum atomic E-state index is -0.677. The molecule has 148 valence electrons. The lowest BCUT2D eigenvalue weighted by Crippen LogP contribution is -2.34. The zero-order chi connectivity index (χ0) is 19.9. The summed E-state index contributed by atoms with van der Waals surface area (Å²) in [5, 5.41) is 2.87. The third-order valence-electron chi connectivity index (χ3n) is 5.01. The second-order valence-electron chi connectivity index (χ2n) is 7.31. The highest BCUT2D eigenvalue weighted by Gasteiger charge is 2.22. The molecule has 2 aromatic carbocycles. The van der Waals surface area contributed by atoms with E-state index in [9.17, 15) is 9.59 Å². The molecule has 1 N–H and O–H groups in total. The molecule has 0 aliphatic carbocycles. The number of nitrogens with one attached hydrogen (secondary N) is 1. The maximum Gasteiger partial charge on any atom is 0.265 e. The van der Waals surface area contributed by atoms with Gasteiger partial charge in [0.1, 0.15) is 5.75 Å². The fraction of sp³-hybridized carbons (Fsp3) is 0.391. The van der Waals surface area contributed by atoms with Crippen molar-refractivity contribution in [2.24, 2.45) is 0 Å². The van der Waals surface area contributed by atoms with Crippen LogP contribution in [0.2, 0.25) is 0 Å². The Kier molecular flexibility index (Phi) is 6.69. The van der Waals surface area contributed by atoms with Gasteiger partial charge in [0.25, 0.3) is 11.8 Å². The third-order valence-corrected chi connectivity index (χ3v) is 5.01. The first kappa shape index (κ1) is 19.9. The van der Waals surface area contributed by atoms with E-state index in [1.54, 1.807) is 19.1 Å². The molecule has 5 heteroatoms. The SMILES string of the molecule is Cc1ccc(O[C@@H](C)C(=O)Nc2ccccc2C(=O)N2CCCCCC2)cc1. The molecular formula is C23H28N2O3. The first-order valence-electron chi connectivity index (χ1n) is 9.97. The highest BCUT2D eigenvalue weighted by atomic mass is 16.5. The number of anilines is 1. The van der Waals surface area contributed by atoms with Crippen molar-refractivity contribution in [1.82, 2.24) is 4.90 Å². The average molecular weight is 380 g/mol. The maximum absolute atomic E-state index is 13.0. The number of ether oxygens (including phenoxy) is 1. The zero-order valence-electron chi connectivity index (χ0n) is 16.6. The number of likely N-dealkylation sites (tertiary alicyclic amines) is 1. The number of aryl methyl sites for hydroxylation is 1. The number of hydrogen-bond acceptors (Lipinski definition) is 3. The van der Waals surface area contributed by atoms with Crippen molar-refractivity contribution in [2.75, 3.05) is 18.4 Å². The molecule has 1 heterocycles. The largest absolute Gasteiger partial charge is 0.481 e. The van der Waals surface area contributed by atoms with Crippen molar-refractivity contribution in [3.63, 3.8) is 0 Å². The van der Waals surface area contributed by atoms with Gasteiger partial charge in [-0.2, -0.15) is 0 Å². The standard InChI is InChI=1S/C23H28N2O3/c1-17-11-13-19(14-12-17)28-18(2)22(26)24-21-10-6-5-9-20(21)23(27)25-15-7-3-4-8-16-25/h5-6,9-14,18H,3-4,7-8,15-16H2,1-2H3,(H,24,26)/t18-/m0/s1. The zero-order valence-corrected chi connectivity index (χ0v) is 16.6. The second kappa shape index (κ2) is 9.40. The van der Waals surface area contributed by atoms with Gasteiger partial charge in [0.05, 0.1) is 11.3 Å². The van der Waals surface area contributed by atoms with Crippen molar-refractivity contribution in [1.29, 1.82) is 0 Å². The molecule has 1 aliphatic rings. The van der Waals surface area contributed by atoms with Gasteiger partial charge in [-0.3, -0.25) is 9.59 Å². The van der Waals surface area contributed by atoms with Crippen LogP contribution in [0.4, 0.5) is 5.69 Å². The summed E-state index contributed by atoms with van der Waals surface area (Å²) in [6, 6.07) is 14.7. The summed E-state index contributed by atoms with van der Waals surface area (Å²) in [7, 11) is 0. The van der Waals surface area contributed by atoms with Gasteiger partial charge in [0.2, 0.25) is 0 Å². The van der Waals surface area contributed by atoms with E-state index >= 15 is 0 Å². The Labute approximate surface area is 166 Å². The van der Waals surface area contributed by atoms with Gasteiger partial charge in [-0.1, -0.05) is 42.7 Å². The number of amides is 2. The number of benzene rings is 2. The normalized spacial score (nSPS) is 15.4. The molecule has 0 aromatic heterocycles. The molecule has 2 amide bonds. The summed E-state index contributed by atoms with van der Waals surface area (Å²) in [5.41, 5.74) is 2.19. The fourth-order valence-corrected chi connectivity index (χ4v) is 3.33. The van der Waals surface area contributed by atoms with Crippen LogP contribution >= 0.6 is 0 Å². The lowest BCUT2D eigenvalue weighted by molar-refractivity contribution is -0.122. The van der Waals surface area contributed by atoms with Crippen molar-refractivity contribution in [3.05, 3.63) is 59.7 Å². The molecule has 1 fully saturated rings. The highest BCUT2D eigenvalue weighted by molar-refractivity contribution is 6.04. The third kappa shape index (κ3) is 5.12. The monoisotopic (exact) mass is 380 g/mol. The van der Waals surface area contributed by atoms with Crippen LogP contribution in [-0.4, -0.2) is 35.9 Å². The predicted molar refractivity (Wildman–Crippen MR) is 111 cm³/mol. The Morgan fingerprint density at radius 2 is 1.61 bits per heavy atom. The van der Waals surface area contributed by atoms with Crippen LogP contribution < -0.4 is 10.1 Å². The van der Waals surface area contributed by atoms with Gasteiger partial charge >= 0.3 is 0 Å². The van der Waals surface area contributed by atoms with Gasteiger partial charge in [-0.15, -0.1) is 0 Å². The van der Waals surface area contributed by atoms with Gasteiger partial charge in [0.15, 0.2) is 6.10 Å². The van der Waals surface area contributed by atoms with Crippen LogP contribution in [0.15, 0.2) is 48.5 Å². The van der Waals surface area contributed by atoms with Crippen LogP contribution in [0.3, 0.4) is 0 Å². The number of carbonyl (C=O) groups excluding carboxylic acids is 2. The molecule has 0 radical (unpaired) electrons. The van der Waals surface area contributed by atoms with Crippen molar-refractivity contribution in [2.45, 2.75) is 45.6 Å². The Bertz CT molecular complexity index is 809. The Balaban J connectivity index is 1.68. The summed E-state index contributed by atoms with van der Waals surface area (Å²) >= 11 is 0. The first-order valence-corrected chi connectivity index (χ1v) is 9.97. The Morgan fingerprint density at radius 1 is 0.964 bits per heavy atom. The molecule has 0 bridgehead atoms. The minimum absolute atomic E-state index is 0.0232. The summed E-state index contributed by atoms with van der Waals surface area (Å²) in [6.07, 6.45) is 3.71. The van der Waals surface area contributed by atoms with Gasteiger partial charge in [-0.05, 0) is 51.0 Å². The van der Waals surface area contributed by atoms with Gasteiger partial charge < -0.3 is 15.0 Å². The summed E-state index contributed by atoms with van der Waals surface area (Å²) in [5.74, 6) is 0.337. The van der Waals surface area contributed by atoms with Crippen LogP contribution in [0.25, 0.3) is 0 Å². The van der Waals surface area contributed by atoms with Gasteiger partial charge in [-0.25, -0.2) is 0 Å². The molecule has 5 nitrogen and oxygen atoms in total. The van der Waals surface area contributed by atoms with E-state index in [4.69, 9.17) is 4.74 Å². The number of para-hydroxylation sites is 1. The summed E-state index contributed by atoms with van der Waals surface area (Å²) in [6.45, 7) is 5.24. The highest BCUT2D eigenvalue weighted by Crippen LogP contribution is 2.21. The first-order chi connectivity index (χ1) is 13.5. The van der Waals surface area contributed by atoms with Crippen LogP contribution in [0.5, 0.6) is 5.75 Å². The van der Waals surface area contributed by atoms with Crippen molar-refractivity contribution < 1.29 is 14.3 Å². The second-order valence-corrected chi connectivity index (χ2v) is 7.31. The maximum atomic E-state index is 13.0. The van der Waals surface area contributed by atoms with E-state index < -0.39 is 6.10 Å². The lowest BCUT2D eigenvalue weighted by atomic mass is 10.1. The molecule has 0 saturated carbocycles. The molecule has 1 atom stereocenters. The van der Waals surface area contributed by atoms with Crippen molar-refractivity contribution >= 4 is 17.5 Å². The molecule has 3 rings (SSSR count). The van der Waals surface area contributed by atoms with Crippen LogP contribution in [0.1, 0.15) is 48.5 Å². The summed E-state index contributed by atoms with van der Waals surface area (Å²) < 4.78 is 5.73. The quantitative estimate of drug-likeness (QED) is 0.835. The number of carbonyl (C=O) groups is 2. The molecule has 1 aliphatic heterocycles. The van der Waals surface area contributed by atoms with Crippen molar-refractivity contribution in [3.8, 4) is 5.75 Å². The molecule has 0 spiro atoms. The number of hydrogen-bond donors (Lipinski definition) is 1. The molecule has 1 saturated heterocycles. The average Bonchev–Trinajstić information content (AvgIpc) is 2.99. The smallest absolute Gasteiger partial charge is 0.265 e. The summed E-state index contributed by atoms with van der Waals surface area (Å²) in [4.78, 5) is 27.5. The van der Waals surface area contributed by atoms with E-state index in [2.05, 4.69) is 5.32 Å². The molecule has 2 aromatic rings. The number of rotatable bonds is 5. The predicted octanol–water partition coefficient (Wildman–Crippen LogP) is 4.42. The van der Waals surface area contributed by atoms with E-state index in [0.29, 0.717) is 17.0 Å². The molecular weight excluding hydrogens is 352 g/mol. The van der Waals surface area contributed by atoms with E-state index in [1.807, 2.05) is 48.2 Å². The Morgan fingerprint density at radius 3 is 2.29 bits per heavy atom. The fourth-order valence-electron chi connectivity index (χ4n) is 3.33. The number of nitrogens with zero attached hydrogens (tertiary/aromatic N) is 1. The van der Waals surface area contributed by atoms with E-state index in [1.165, 1.54) is 0 Å². The van der Waals surface area contributed by atoms with Crippen LogP contribution in [-0.2, 0) is 4.79 Å².